The van der Waals surface area contributed by atoms with Crippen molar-refractivity contribution in [1.29, 1.82) is 0 Å². The SMILES string of the molecule is CCc1nc(Cl)c2c(C)c3c(cc2n1)NC(C)(C)C3=O. The molecule has 2 heterocycles. The first-order valence-corrected chi connectivity index (χ1v) is 7.05. The zero-order valence-corrected chi connectivity index (χ0v) is 12.7. The first kappa shape index (κ1) is 13.3. The quantitative estimate of drug-likeness (QED) is 0.816. The Morgan fingerprint density at radius 2 is 2.05 bits per heavy atom. The van der Waals surface area contributed by atoms with Crippen LogP contribution < -0.4 is 5.32 Å². The van der Waals surface area contributed by atoms with Crippen molar-refractivity contribution >= 4 is 34.0 Å². The van der Waals surface area contributed by atoms with E-state index in [1.807, 2.05) is 33.8 Å². The first-order valence-electron chi connectivity index (χ1n) is 6.68. The molecule has 5 heteroatoms. The molecule has 0 atom stereocenters. The number of Topliss-reactive ketones (excluding diaryl/α,β-unsaturated/α-hetero) is 1. The Bertz CT molecular complexity index is 753. The van der Waals surface area contributed by atoms with Gasteiger partial charge in [0.2, 0.25) is 0 Å². The fourth-order valence-electron chi connectivity index (χ4n) is 2.74. The minimum Gasteiger partial charge on any atom is -0.372 e. The number of nitrogens with zero attached hydrogens (tertiary/aromatic N) is 2. The van der Waals surface area contributed by atoms with Crippen LogP contribution in [0.2, 0.25) is 5.15 Å². The number of aromatic nitrogens is 2. The summed E-state index contributed by atoms with van der Waals surface area (Å²) in [5.74, 6) is 0.799. The van der Waals surface area contributed by atoms with E-state index in [4.69, 9.17) is 11.6 Å². The maximum absolute atomic E-state index is 12.5. The van der Waals surface area contributed by atoms with E-state index in [9.17, 15) is 4.79 Å². The number of hydrogen-bond acceptors (Lipinski definition) is 4. The van der Waals surface area contributed by atoms with Crippen molar-refractivity contribution in [3.63, 3.8) is 0 Å². The molecule has 0 saturated heterocycles. The van der Waals surface area contributed by atoms with Gasteiger partial charge in [-0.25, -0.2) is 9.97 Å². The number of aryl methyl sites for hydroxylation is 2. The fraction of sp³-hybridized carbons (Fsp3) is 0.400. The van der Waals surface area contributed by atoms with E-state index < -0.39 is 5.54 Å². The molecular weight excluding hydrogens is 274 g/mol. The number of benzene rings is 1. The molecule has 3 rings (SSSR count). The smallest absolute Gasteiger partial charge is 0.189 e. The standard InChI is InChI=1S/C15H16ClN3O/c1-5-10-17-8-6-9-11(13(20)15(3,4)19-9)7(2)12(8)14(16)18-10/h6,19H,5H2,1-4H3. The van der Waals surface area contributed by atoms with Gasteiger partial charge in [-0.05, 0) is 32.4 Å². The van der Waals surface area contributed by atoms with Crippen LogP contribution in [0.25, 0.3) is 10.9 Å². The third-order valence-electron chi connectivity index (χ3n) is 3.80. The van der Waals surface area contributed by atoms with Crippen molar-refractivity contribution < 1.29 is 4.79 Å². The second-order valence-electron chi connectivity index (χ2n) is 5.68. The summed E-state index contributed by atoms with van der Waals surface area (Å²) in [6.45, 7) is 7.65. The molecule has 1 aromatic heterocycles. The minimum atomic E-state index is -0.585. The van der Waals surface area contributed by atoms with Crippen LogP contribution in [0.5, 0.6) is 0 Å². The summed E-state index contributed by atoms with van der Waals surface area (Å²) < 4.78 is 0. The van der Waals surface area contributed by atoms with Gasteiger partial charge < -0.3 is 5.32 Å². The summed E-state index contributed by atoms with van der Waals surface area (Å²) >= 11 is 6.28. The Balaban J connectivity index is 2.38. The summed E-state index contributed by atoms with van der Waals surface area (Å²) in [6.07, 6.45) is 0.726. The molecule has 0 spiro atoms. The molecule has 0 radical (unpaired) electrons. The Hall–Kier alpha value is -1.68. The van der Waals surface area contributed by atoms with Crippen LogP contribution >= 0.6 is 11.6 Å². The molecule has 0 unspecified atom stereocenters. The number of fused-ring (bicyclic) bond motifs is 2. The number of ketones is 1. The molecule has 1 aliphatic rings. The highest BCUT2D eigenvalue weighted by Crippen LogP contribution is 2.39. The number of carbonyl (C=O) groups is 1. The van der Waals surface area contributed by atoms with Gasteiger partial charge in [0.15, 0.2) is 5.78 Å². The number of carbonyl (C=O) groups excluding carboxylic acids is 1. The van der Waals surface area contributed by atoms with E-state index in [0.29, 0.717) is 16.5 Å². The lowest BCUT2D eigenvalue weighted by Gasteiger charge is -2.15. The van der Waals surface area contributed by atoms with Gasteiger partial charge in [0, 0.05) is 23.1 Å². The van der Waals surface area contributed by atoms with Gasteiger partial charge in [-0.3, -0.25) is 4.79 Å². The molecule has 0 fully saturated rings. The van der Waals surface area contributed by atoms with Gasteiger partial charge in [0.1, 0.15) is 11.0 Å². The largest absolute Gasteiger partial charge is 0.372 e. The molecule has 104 valence electrons. The monoisotopic (exact) mass is 289 g/mol. The predicted molar refractivity (Wildman–Crippen MR) is 80.7 cm³/mol. The molecule has 0 bridgehead atoms. The van der Waals surface area contributed by atoms with E-state index in [1.54, 1.807) is 0 Å². The molecule has 1 N–H and O–H groups in total. The van der Waals surface area contributed by atoms with E-state index >= 15 is 0 Å². The van der Waals surface area contributed by atoms with Gasteiger partial charge in [-0.15, -0.1) is 0 Å². The molecule has 0 amide bonds. The van der Waals surface area contributed by atoms with Gasteiger partial charge in [-0.1, -0.05) is 18.5 Å². The molecular formula is C15H16ClN3O. The predicted octanol–water partition coefficient (Wildman–Crippen LogP) is 3.54. The van der Waals surface area contributed by atoms with Crippen LogP contribution in [0.4, 0.5) is 5.69 Å². The molecule has 0 aliphatic carbocycles. The lowest BCUT2D eigenvalue weighted by molar-refractivity contribution is 0.0939. The summed E-state index contributed by atoms with van der Waals surface area (Å²) in [4.78, 5) is 21.3. The maximum Gasteiger partial charge on any atom is 0.189 e. The molecule has 20 heavy (non-hydrogen) atoms. The first-order chi connectivity index (χ1) is 9.35. The van der Waals surface area contributed by atoms with E-state index in [2.05, 4.69) is 15.3 Å². The minimum absolute atomic E-state index is 0.0857. The zero-order valence-electron chi connectivity index (χ0n) is 12.0. The van der Waals surface area contributed by atoms with Crippen molar-refractivity contribution in [1.82, 2.24) is 9.97 Å². The molecule has 2 aromatic rings. The second-order valence-corrected chi connectivity index (χ2v) is 6.04. The van der Waals surface area contributed by atoms with Crippen LogP contribution in [0.1, 0.15) is 42.5 Å². The summed E-state index contributed by atoms with van der Waals surface area (Å²) in [5.41, 5.74) is 2.60. The number of anilines is 1. The van der Waals surface area contributed by atoms with Crippen LogP contribution in [0.3, 0.4) is 0 Å². The Morgan fingerprint density at radius 1 is 1.35 bits per heavy atom. The van der Waals surface area contributed by atoms with Gasteiger partial charge in [0.25, 0.3) is 0 Å². The highest BCUT2D eigenvalue weighted by molar-refractivity contribution is 6.35. The number of nitrogens with one attached hydrogen (secondary N) is 1. The average molecular weight is 290 g/mol. The average Bonchev–Trinajstić information content (AvgIpc) is 2.59. The van der Waals surface area contributed by atoms with Gasteiger partial charge in [-0.2, -0.15) is 0 Å². The Labute approximate surface area is 122 Å². The maximum atomic E-state index is 12.5. The van der Waals surface area contributed by atoms with Crippen LogP contribution in [-0.4, -0.2) is 21.3 Å². The van der Waals surface area contributed by atoms with Crippen LogP contribution in [0.15, 0.2) is 6.07 Å². The molecule has 4 nitrogen and oxygen atoms in total. The van der Waals surface area contributed by atoms with Crippen molar-refractivity contribution in [2.45, 2.75) is 39.7 Å². The third-order valence-corrected chi connectivity index (χ3v) is 4.07. The van der Waals surface area contributed by atoms with Crippen molar-refractivity contribution in [2.75, 3.05) is 5.32 Å². The number of halogens is 1. The third kappa shape index (κ3) is 1.71. The Morgan fingerprint density at radius 3 is 2.70 bits per heavy atom. The van der Waals surface area contributed by atoms with Crippen molar-refractivity contribution in [3.05, 3.63) is 28.2 Å². The fourth-order valence-corrected chi connectivity index (χ4v) is 3.07. The number of rotatable bonds is 1. The summed E-state index contributed by atoms with van der Waals surface area (Å²) in [6, 6.07) is 1.90. The van der Waals surface area contributed by atoms with Gasteiger partial charge in [0.05, 0.1) is 11.1 Å². The lowest BCUT2D eigenvalue weighted by Crippen LogP contribution is -2.33. The van der Waals surface area contributed by atoms with E-state index in [0.717, 1.165) is 28.6 Å². The molecule has 1 aromatic carbocycles. The Kier molecular flexibility index (Phi) is 2.77. The van der Waals surface area contributed by atoms with Crippen LogP contribution in [-0.2, 0) is 6.42 Å². The highest BCUT2D eigenvalue weighted by atomic mass is 35.5. The second kappa shape index (κ2) is 4.16. The van der Waals surface area contributed by atoms with Crippen LogP contribution in [0, 0.1) is 6.92 Å². The summed E-state index contributed by atoms with van der Waals surface area (Å²) in [5, 5.41) is 4.45. The normalized spacial score (nSPS) is 16.4. The summed E-state index contributed by atoms with van der Waals surface area (Å²) in [7, 11) is 0. The van der Waals surface area contributed by atoms with Crippen molar-refractivity contribution in [3.8, 4) is 0 Å². The lowest BCUT2D eigenvalue weighted by atomic mass is 9.94. The van der Waals surface area contributed by atoms with E-state index in [-0.39, 0.29) is 5.78 Å². The topological polar surface area (TPSA) is 54.9 Å². The van der Waals surface area contributed by atoms with E-state index in [1.165, 1.54) is 0 Å². The number of hydrogen-bond donors (Lipinski definition) is 1. The zero-order chi connectivity index (χ0) is 14.7. The van der Waals surface area contributed by atoms with Gasteiger partial charge >= 0.3 is 0 Å². The molecule has 0 saturated carbocycles. The highest BCUT2D eigenvalue weighted by Gasteiger charge is 2.39. The van der Waals surface area contributed by atoms with Crippen molar-refractivity contribution in [2.24, 2.45) is 0 Å². The molecule has 1 aliphatic heterocycles.